The Morgan fingerprint density at radius 3 is 0.690 bits per heavy atom. The lowest BCUT2D eigenvalue weighted by Gasteiger charge is -2.25. The summed E-state index contributed by atoms with van der Waals surface area (Å²) < 4.78 is 5.28. The van der Waals surface area contributed by atoms with E-state index >= 15 is 0 Å². The average molecular weight is 1370 g/mol. The van der Waals surface area contributed by atoms with Crippen molar-refractivity contribution in [2.75, 3.05) is 26.2 Å². The molecule has 0 bridgehead atoms. The molecule has 552 valence electrons. The molecule has 0 heterocycles. The summed E-state index contributed by atoms with van der Waals surface area (Å²) in [6, 6.07) is 5.49. The SMILES string of the molecule is CCCCCCC(CCCCCC)C[N+](CC(CCCCCC)CCCCCC)=C1C=CC(=C2C(=O)C(c3c(O)cc(/C=C/c4cc(O)c(C5=C(O)C(=C6C=CC(=[N+](CC(CCCCCC)CCCCCC)CC(CCCCCC)CCCCCC)C=C6)C5=O)c(O)c4)cc3O)=C2O)C=C1. The van der Waals surface area contributed by atoms with Gasteiger partial charge in [-0.15, -0.1) is 0 Å². The number of rotatable bonds is 52. The number of carbonyl (C=O) groups is 2. The molecule has 0 saturated carbocycles. The molecule has 100 heavy (non-hydrogen) atoms. The minimum atomic E-state index is -0.476. The maximum absolute atomic E-state index is 14.1. The molecular formula is C90H136N2O8+2. The second kappa shape index (κ2) is 46.2. The summed E-state index contributed by atoms with van der Waals surface area (Å²) >= 11 is 0. The molecule has 0 amide bonds. The number of aliphatic hydroxyl groups excluding tert-OH is 2. The molecule has 0 saturated heterocycles. The highest BCUT2D eigenvalue weighted by Crippen LogP contribution is 2.48. The van der Waals surface area contributed by atoms with Crippen LogP contribution in [0.5, 0.6) is 23.0 Å². The van der Waals surface area contributed by atoms with Gasteiger partial charge in [0.05, 0.1) is 33.4 Å². The normalized spacial score (nSPS) is 14.8. The van der Waals surface area contributed by atoms with Crippen molar-refractivity contribution in [3.05, 3.63) is 129 Å². The summed E-state index contributed by atoms with van der Waals surface area (Å²) in [6.45, 7) is 22.2. The topological polar surface area (TPSA) is 162 Å². The van der Waals surface area contributed by atoms with Crippen molar-refractivity contribution in [3.63, 3.8) is 0 Å². The van der Waals surface area contributed by atoms with Crippen LogP contribution < -0.4 is 0 Å². The van der Waals surface area contributed by atoms with Gasteiger partial charge in [0.15, 0.2) is 11.4 Å². The third-order valence-corrected chi connectivity index (χ3v) is 21.7. The van der Waals surface area contributed by atoms with Crippen LogP contribution in [0, 0.1) is 23.7 Å². The van der Waals surface area contributed by atoms with E-state index in [1.54, 1.807) is 12.2 Å². The molecule has 2 aromatic carbocycles. The first-order valence-corrected chi connectivity index (χ1v) is 40.9. The number of unbranched alkanes of at least 4 members (excludes halogenated alkanes) is 24. The number of phenolic OH excluding ortho intramolecular Hbond substituents is 4. The van der Waals surface area contributed by atoms with Crippen molar-refractivity contribution < 1.29 is 49.4 Å². The van der Waals surface area contributed by atoms with E-state index < -0.39 is 34.6 Å². The number of benzene rings is 2. The van der Waals surface area contributed by atoms with Crippen molar-refractivity contribution >= 4 is 46.3 Å². The number of allylic oxidation sites excluding steroid dienone is 14. The molecule has 10 nitrogen and oxygen atoms in total. The molecule has 6 N–H and O–H groups in total. The standard InChI is InChI=1S/C90H134N2O8/c1-9-17-25-33-41-67(42-34-26-18-10-2)63-91(64-68(43-35-27-19-11-3)44-36-28-20-12-4)75-55-51-73(52-56-75)81-87(97)85(88(81)98)83-77(93)59-71(60-78(83)94)49-50-72-61-79(95)84(80(96)62-72)86-89(99)82(90(86)100)74-53-57-76(58-54-74)92(65-69(45-37-29-21-13-5)46-38-30-22-14-6)66-70(47-39-31-23-15-7)48-40-32-24-16-8/h49-62,67-70H,9-48,63-66H2,1-8H3,(H4,93,94,95,96,97,98,99,100)/p+2/b50-49+. The van der Waals surface area contributed by atoms with Crippen molar-refractivity contribution in [3.8, 4) is 23.0 Å². The van der Waals surface area contributed by atoms with Crippen LogP contribution in [0.3, 0.4) is 0 Å². The number of aliphatic hydroxyl groups is 2. The summed E-state index contributed by atoms with van der Waals surface area (Å²) in [6.07, 6.45) is 69.4. The van der Waals surface area contributed by atoms with Gasteiger partial charge in [-0.05, 0) is 122 Å². The number of ketones is 2. The quantitative estimate of drug-likeness (QED) is 0.0165. The molecule has 6 rings (SSSR count). The number of carbonyl (C=O) groups excluding carboxylic acids is 2. The zero-order chi connectivity index (χ0) is 72.0. The molecule has 10 heteroatoms. The van der Waals surface area contributed by atoms with Crippen molar-refractivity contribution in [1.29, 1.82) is 0 Å². The highest BCUT2D eigenvalue weighted by atomic mass is 16.3. The van der Waals surface area contributed by atoms with Gasteiger partial charge in [-0.25, -0.2) is 9.15 Å². The third-order valence-electron chi connectivity index (χ3n) is 21.7. The molecule has 4 aliphatic carbocycles. The number of hydrogen-bond donors (Lipinski definition) is 6. The Morgan fingerprint density at radius 1 is 0.290 bits per heavy atom. The molecular weight excluding hydrogens is 1240 g/mol. The van der Waals surface area contributed by atoms with E-state index in [0.717, 1.165) is 37.6 Å². The number of nitrogens with zero attached hydrogens (tertiary/aromatic N) is 2. The first-order chi connectivity index (χ1) is 48.7. The van der Waals surface area contributed by atoms with Crippen LogP contribution in [0.15, 0.2) is 107 Å². The van der Waals surface area contributed by atoms with Gasteiger partial charge in [-0.3, -0.25) is 9.59 Å². The zero-order valence-corrected chi connectivity index (χ0v) is 63.9. The maximum atomic E-state index is 14.1. The monoisotopic (exact) mass is 1370 g/mol. The van der Waals surface area contributed by atoms with E-state index in [9.17, 15) is 40.2 Å². The summed E-state index contributed by atoms with van der Waals surface area (Å²) in [5.41, 5.74) is 3.74. The lowest BCUT2D eigenvalue weighted by Crippen LogP contribution is -2.31. The maximum Gasteiger partial charge on any atom is 0.202 e. The van der Waals surface area contributed by atoms with Crippen LogP contribution in [-0.4, -0.2) is 89.0 Å². The highest BCUT2D eigenvalue weighted by molar-refractivity contribution is 6.41. The number of hydrogen-bond acceptors (Lipinski definition) is 8. The van der Waals surface area contributed by atoms with Gasteiger partial charge >= 0.3 is 0 Å². The molecule has 4 aliphatic rings. The van der Waals surface area contributed by atoms with Gasteiger partial charge < -0.3 is 30.6 Å². The number of Topliss-reactive ketones (excluding diaryl/α,β-unsaturated/α-hetero) is 2. The molecule has 0 fully saturated rings. The predicted octanol–water partition coefficient (Wildman–Crippen LogP) is 24.4. The van der Waals surface area contributed by atoms with Gasteiger partial charge in [0.25, 0.3) is 0 Å². The Hall–Kier alpha value is -6.42. The van der Waals surface area contributed by atoms with E-state index in [0.29, 0.717) is 45.9 Å². The smallest absolute Gasteiger partial charge is 0.202 e. The lowest BCUT2D eigenvalue weighted by molar-refractivity contribution is -0.541. The van der Waals surface area contributed by atoms with Crippen LogP contribution in [0.2, 0.25) is 0 Å². The van der Waals surface area contributed by atoms with Crippen molar-refractivity contribution in [2.24, 2.45) is 23.7 Å². The molecule has 0 unspecified atom stereocenters. The van der Waals surface area contributed by atoms with E-state index in [-0.39, 0.29) is 44.9 Å². The van der Waals surface area contributed by atoms with E-state index in [1.807, 2.05) is 24.3 Å². The molecule has 0 aliphatic heterocycles. The van der Waals surface area contributed by atoms with Crippen molar-refractivity contribution in [2.45, 2.75) is 312 Å². The number of aromatic hydroxyl groups is 4. The Morgan fingerprint density at radius 2 is 0.500 bits per heavy atom. The lowest BCUT2D eigenvalue weighted by atomic mass is 9.79. The second-order valence-electron chi connectivity index (χ2n) is 30.2. The second-order valence-corrected chi connectivity index (χ2v) is 30.2. The first-order valence-electron chi connectivity index (χ1n) is 40.9. The van der Waals surface area contributed by atoms with Crippen LogP contribution in [0.1, 0.15) is 334 Å². The van der Waals surface area contributed by atoms with Gasteiger partial charge in [-0.2, -0.15) is 0 Å². The van der Waals surface area contributed by atoms with E-state index in [4.69, 9.17) is 0 Å². The van der Waals surface area contributed by atoms with Gasteiger partial charge in [0, 0.05) is 48.0 Å². The van der Waals surface area contributed by atoms with Gasteiger partial charge in [-0.1, -0.05) is 273 Å². The largest absolute Gasteiger partial charge is 0.507 e. The fourth-order valence-corrected chi connectivity index (χ4v) is 15.6. The zero-order valence-electron chi connectivity index (χ0n) is 63.9. The molecule has 2 aromatic rings. The summed E-state index contributed by atoms with van der Waals surface area (Å²) in [5.74, 6) is -0.781. The summed E-state index contributed by atoms with van der Waals surface area (Å²) in [5, 5.41) is 69.1. The molecule has 0 aromatic heterocycles. The molecule has 0 radical (unpaired) electrons. The van der Waals surface area contributed by atoms with Gasteiger partial charge in [0.2, 0.25) is 11.6 Å². The van der Waals surface area contributed by atoms with Crippen LogP contribution >= 0.6 is 0 Å². The third kappa shape index (κ3) is 25.8. The highest BCUT2D eigenvalue weighted by Gasteiger charge is 2.41. The first kappa shape index (κ1) is 82.5. The van der Waals surface area contributed by atoms with Crippen LogP contribution in [0.25, 0.3) is 23.3 Å². The molecule has 0 spiro atoms. The number of phenols is 4. The Balaban J connectivity index is 1.22. The summed E-state index contributed by atoms with van der Waals surface area (Å²) in [7, 11) is 0. The predicted molar refractivity (Wildman–Crippen MR) is 422 cm³/mol. The molecule has 0 atom stereocenters. The Bertz CT molecular complexity index is 2850. The minimum absolute atomic E-state index is 0.145. The summed E-state index contributed by atoms with van der Waals surface area (Å²) in [4.78, 5) is 28.2. The fourth-order valence-electron chi connectivity index (χ4n) is 15.6. The van der Waals surface area contributed by atoms with E-state index in [2.05, 4.69) is 88.8 Å². The van der Waals surface area contributed by atoms with Crippen LogP contribution in [-0.2, 0) is 9.59 Å². The van der Waals surface area contributed by atoms with Crippen LogP contribution in [0.4, 0.5) is 0 Å². The Kier molecular flexibility index (Phi) is 38.2. The minimum Gasteiger partial charge on any atom is -0.507 e. The van der Waals surface area contributed by atoms with Crippen molar-refractivity contribution in [1.82, 2.24) is 0 Å². The van der Waals surface area contributed by atoms with Gasteiger partial charge in [0.1, 0.15) is 60.7 Å². The average Bonchev–Trinajstić information content (AvgIpc) is 0.745. The fraction of sp³-hybridized carbons (Fsp3) is 0.622. The Labute approximate surface area is 606 Å². The van der Waals surface area contributed by atoms with E-state index in [1.165, 1.54) is 281 Å².